The minimum Gasteiger partial charge on any atom is -0.460 e. The van der Waals surface area contributed by atoms with Crippen molar-refractivity contribution in [2.24, 2.45) is 23.7 Å². The highest BCUT2D eigenvalue weighted by molar-refractivity contribution is 6.00. The second kappa shape index (κ2) is 19.5. The Kier molecular flexibility index (Phi) is 14.8. The summed E-state index contributed by atoms with van der Waals surface area (Å²) < 4.78 is 42.3. The molecule has 58 heavy (non-hydrogen) atoms. The van der Waals surface area contributed by atoms with E-state index >= 15 is 0 Å². The molecule has 13 nitrogen and oxygen atoms in total. The summed E-state index contributed by atoms with van der Waals surface area (Å²) in [6, 6.07) is 5.56. The average Bonchev–Trinajstić information content (AvgIpc) is 3.83. The van der Waals surface area contributed by atoms with Gasteiger partial charge in [-0.25, -0.2) is 14.0 Å². The number of morpholine rings is 1. The first-order valence-electron chi connectivity index (χ1n) is 21.5. The van der Waals surface area contributed by atoms with Crippen LogP contribution in [0.15, 0.2) is 28.7 Å². The van der Waals surface area contributed by atoms with E-state index in [0.717, 1.165) is 51.7 Å². The van der Waals surface area contributed by atoms with E-state index in [1.807, 2.05) is 0 Å². The van der Waals surface area contributed by atoms with Crippen LogP contribution in [0, 0.1) is 23.7 Å². The Labute approximate surface area is 342 Å². The molecule has 2 aromatic rings. The molecule has 2 aliphatic carbocycles. The first-order valence-corrected chi connectivity index (χ1v) is 21.5. The summed E-state index contributed by atoms with van der Waals surface area (Å²) in [5, 5.41) is 6.46. The van der Waals surface area contributed by atoms with Crippen LogP contribution >= 0.6 is 0 Å². The second-order valence-electron chi connectivity index (χ2n) is 18.1. The fourth-order valence-electron chi connectivity index (χ4n) is 9.82. The lowest BCUT2D eigenvalue weighted by atomic mass is 9.75. The van der Waals surface area contributed by atoms with Gasteiger partial charge in [-0.1, -0.05) is 0 Å². The monoisotopic (exact) mass is 812 g/mol. The van der Waals surface area contributed by atoms with Crippen molar-refractivity contribution in [3.05, 3.63) is 30.0 Å². The number of amides is 3. The summed E-state index contributed by atoms with van der Waals surface area (Å²) in [5.41, 5.74) is 0.351. The molecule has 3 amide bonds. The molecule has 2 N–H and O–H groups in total. The highest BCUT2D eigenvalue weighted by atomic mass is 19.1. The molecular weight excluding hydrogens is 748 g/mol. The van der Waals surface area contributed by atoms with Gasteiger partial charge in [-0.05, 0) is 141 Å². The van der Waals surface area contributed by atoms with E-state index in [4.69, 9.17) is 23.4 Å². The molecule has 0 bridgehead atoms. The van der Waals surface area contributed by atoms with Crippen molar-refractivity contribution < 1.29 is 46.9 Å². The molecule has 3 heterocycles. The summed E-state index contributed by atoms with van der Waals surface area (Å²) in [4.78, 5) is 58.1. The Morgan fingerprint density at radius 1 is 0.948 bits per heavy atom. The molecule has 0 radical (unpaired) electrons. The number of alkyl halides is 1. The highest BCUT2D eigenvalue weighted by Gasteiger charge is 2.47. The number of anilines is 1. The van der Waals surface area contributed by atoms with Crippen molar-refractivity contribution in [1.29, 1.82) is 0 Å². The third-order valence-electron chi connectivity index (χ3n) is 12.5. The van der Waals surface area contributed by atoms with E-state index in [1.165, 1.54) is 0 Å². The number of likely N-dealkylation sites (tertiary alicyclic amines) is 1. The van der Waals surface area contributed by atoms with Crippen molar-refractivity contribution in [2.45, 2.75) is 135 Å². The maximum atomic E-state index is 14.4. The lowest BCUT2D eigenvalue weighted by Gasteiger charge is -2.38. The Bertz CT molecular complexity index is 1700. The van der Waals surface area contributed by atoms with Crippen molar-refractivity contribution in [3.63, 3.8) is 0 Å². The summed E-state index contributed by atoms with van der Waals surface area (Å²) in [7, 11) is 1.74. The van der Waals surface area contributed by atoms with E-state index in [-0.39, 0.29) is 66.2 Å². The van der Waals surface area contributed by atoms with Gasteiger partial charge in [0.25, 0.3) is 0 Å². The number of nitrogens with one attached hydrogen (secondary N) is 2. The largest absolute Gasteiger partial charge is 0.460 e. The van der Waals surface area contributed by atoms with Gasteiger partial charge in [-0.15, -0.1) is 0 Å². The number of fused-ring (bicyclic) bond motifs is 1. The number of alkyl carbamates (subject to hydrolysis) is 1. The van der Waals surface area contributed by atoms with E-state index < -0.39 is 36.4 Å². The molecule has 6 rings (SSSR count). The van der Waals surface area contributed by atoms with Crippen LogP contribution < -0.4 is 10.6 Å². The fraction of sp³-hybridized carbons (Fsp3) is 0.727. The van der Waals surface area contributed by atoms with E-state index in [2.05, 4.69) is 29.4 Å². The number of furan rings is 1. The minimum absolute atomic E-state index is 0.00104. The average molecular weight is 813 g/mol. The minimum atomic E-state index is -0.714. The lowest BCUT2D eigenvalue weighted by molar-refractivity contribution is -0.142. The van der Waals surface area contributed by atoms with Gasteiger partial charge in [-0.2, -0.15) is 0 Å². The molecule has 1 aromatic heterocycles. The Balaban J connectivity index is 1.08. The topological polar surface area (TPSA) is 149 Å². The molecule has 0 unspecified atom stereocenters. The van der Waals surface area contributed by atoms with Crippen LogP contribution in [0.5, 0.6) is 0 Å². The molecule has 14 heteroatoms. The van der Waals surface area contributed by atoms with Gasteiger partial charge in [-0.3, -0.25) is 14.5 Å². The predicted octanol–water partition coefficient (Wildman–Crippen LogP) is 7.12. The van der Waals surface area contributed by atoms with Crippen molar-refractivity contribution in [1.82, 2.24) is 15.1 Å². The number of halogens is 1. The van der Waals surface area contributed by atoms with Crippen LogP contribution in [0.25, 0.3) is 11.0 Å². The van der Waals surface area contributed by atoms with E-state index in [1.54, 1.807) is 57.0 Å². The van der Waals surface area contributed by atoms with Gasteiger partial charge >= 0.3 is 12.1 Å². The van der Waals surface area contributed by atoms with Gasteiger partial charge in [0.2, 0.25) is 17.6 Å². The number of benzene rings is 1. The lowest BCUT2D eigenvalue weighted by Crippen LogP contribution is -2.50. The Hall–Kier alpha value is -3.75. The third kappa shape index (κ3) is 11.3. The molecule has 322 valence electrons. The summed E-state index contributed by atoms with van der Waals surface area (Å²) in [5.74, 6) is -0.827. The molecule has 2 aliphatic heterocycles. The van der Waals surface area contributed by atoms with Gasteiger partial charge in [0.05, 0.1) is 31.0 Å². The van der Waals surface area contributed by atoms with Crippen LogP contribution in [0.4, 0.5) is 14.9 Å². The first-order chi connectivity index (χ1) is 27.7. The zero-order chi connectivity index (χ0) is 41.6. The maximum Gasteiger partial charge on any atom is 0.407 e. The molecular formula is C44H65FN4O9. The van der Waals surface area contributed by atoms with Crippen LogP contribution in [-0.4, -0.2) is 116 Å². The first kappa shape index (κ1) is 43.8. The molecule has 5 atom stereocenters. The van der Waals surface area contributed by atoms with Gasteiger partial charge in [0.1, 0.15) is 23.9 Å². The van der Waals surface area contributed by atoms with Crippen LogP contribution in [-0.2, 0) is 28.5 Å². The molecule has 4 fully saturated rings. The predicted molar refractivity (Wildman–Crippen MR) is 217 cm³/mol. The number of ether oxygens (including phenoxy) is 4. The number of carbonyl (C=O) groups is 4. The molecule has 2 saturated heterocycles. The zero-order valence-corrected chi connectivity index (χ0v) is 35.3. The Morgan fingerprint density at radius 2 is 1.66 bits per heavy atom. The maximum absolute atomic E-state index is 14.4. The normalized spacial score (nSPS) is 28.8. The van der Waals surface area contributed by atoms with Crippen molar-refractivity contribution in [3.8, 4) is 0 Å². The number of methoxy groups -OCH3 is 1. The van der Waals surface area contributed by atoms with Crippen LogP contribution in [0.1, 0.15) is 109 Å². The molecule has 0 spiro atoms. The van der Waals surface area contributed by atoms with E-state index in [0.29, 0.717) is 55.3 Å². The molecule has 1 aromatic carbocycles. The molecule has 2 saturated carbocycles. The van der Waals surface area contributed by atoms with Gasteiger partial charge < -0.3 is 38.9 Å². The zero-order valence-electron chi connectivity index (χ0n) is 35.3. The summed E-state index contributed by atoms with van der Waals surface area (Å²) in [6.45, 7) is 12.0. The number of hydrogen-bond acceptors (Lipinski definition) is 10. The quantitative estimate of drug-likeness (QED) is 0.158. The standard InChI is InChI=1S/C44H65FN4O9/c1-27-25-48(26-28(2)56-27)19-7-21-55-42(52)38-23-32-22-33(14-17-37(32)57-38)46-40(50)39-35(29-12-15-34(54-6)16-13-29)18-20-49(39)41(51)31-10-8-30(9-11-31)36(24-45)47-43(53)58-44(3,4)5/h14,17,22-23,27-31,34-36,39H,7-13,15-16,18-21,24-26H2,1-6H3,(H,46,50)(H,47,53)/t27-,28+,29-,30-,31-,34-,35-,36+,39-/m0/s1. The second-order valence-corrected chi connectivity index (χ2v) is 18.1. The van der Waals surface area contributed by atoms with Crippen molar-refractivity contribution >= 4 is 40.5 Å². The number of hydrogen-bond donors (Lipinski definition) is 2. The van der Waals surface area contributed by atoms with Gasteiger partial charge in [0, 0.05) is 50.3 Å². The number of carbonyl (C=O) groups excluding carboxylic acids is 4. The number of nitrogens with zero attached hydrogens (tertiary/aromatic N) is 2. The number of rotatable bonds is 13. The third-order valence-corrected chi connectivity index (χ3v) is 12.5. The molecule has 4 aliphatic rings. The highest BCUT2D eigenvalue weighted by Crippen LogP contribution is 2.42. The fourth-order valence-corrected chi connectivity index (χ4v) is 9.82. The van der Waals surface area contributed by atoms with E-state index in [9.17, 15) is 23.6 Å². The van der Waals surface area contributed by atoms with Crippen LogP contribution in [0.3, 0.4) is 0 Å². The SMILES string of the molecule is CO[C@H]1CC[C@H]([C@@H]2CCN(C(=O)[C@H]3CC[C@H]([C@@H](CF)NC(=O)OC(C)(C)C)CC3)[C@@H]2C(=O)Nc2ccc3oc(C(=O)OCCCN4C[C@@H](C)O[C@@H](C)C4)cc3c2)CC1. The Morgan fingerprint density at radius 3 is 2.31 bits per heavy atom. The smallest absolute Gasteiger partial charge is 0.407 e. The number of esters is 1. The van der Waals surface area contributed by atoms with Crippen molar-refractivity contribution in [2.75, 3.05) is 51.9 Å². The van der Waals surface area contributed by atoms with Gasteiger partial charge in [0.15, 0.2) is 0 Å². The van der Waals surface area contributed by atoms with Crippen LogP contribution in [0.2, 0.25) is 0 Å². The summed E-state index contributed by atoms with van der Waals surface area (Å²) >= 11 is 0. The summed E-state index contributed by atoms with van der Waals surface area (Å²) in [6.07, 6.45) is 7.35.